The summed E-state index contributed by atoms with van der Waals surface area (Å²) in [6.45, 7) is 3.03. The van der Waals surface area contributed by atoms with Crippen molar-refractivity contribution in [3.8, 4) is 0 Å². The lowest BCUT2D eigenvalue weighted by molar-refractivity contribution is -0.128. The van der Waals surface area contributed by atoms with Crippen molar-refractivity contribution >= 4 is 23.5 Å². The summed E-state index contributed by atoms with van der Waals surface area (Å²) in [5, 5.41) is 0. The van der Waals surface area contributed by atoms with E-state index in [0.717, 1.165) is 36.2 Å². The van der Waals surface area contributed by atoms with Gasteiger partial charge in [-0.05, 0) is 49.1 Å². The number of carbonyl (C=O) groups excluding carboxylic acids is 3. The topological polar surface area (TPSA) is 66.9 Å². The molecule has 2 aromatic rings. The smallest absolute Gasteiger partial charge is 0.338 e. The number of para-hydroxylation sites is 1. The molecule has 6 nitrogen and oxygen atoms in total. The highest BCUT2D eigenvalue weighted by atomic mass is 16.5. The second-order valence-corrected chi connectivity index (χ2v) is 7.64. The maximum atomic E-state index is 12.6. The molecule has 4 rings (SSSR count). The van der Waals surface area contributed by atoms with E-state index in [1.807, 2.05) is 48.2 Å². The van der Waals surface area contributed by atoms with Crippen LogP contribution < -0.4 is 4.90 Å². The predicted molar refractivity (Wildman–Crippen MR) is 108 cm³/mol. The highest BCUT2D eigenvalue weighted by Gasteiger charge is 2.31. The zero-order valence-corrected chi connectivity index (χ0v) is 16.5. The van der Waals surface area contributed by atoms with E-state index in [1.165, 1.54) is 0 Å². The molecule has 0 N–H and O–H groups in total. The minimum absolute atomic E-state index is 0.0474. The van der Waals surface area contributed by atoms with Crippen molar-refractivity contribution in [1.82, 2.24) is 4.90 Å². The number of amides is 2. The van der Waals surface area contributed by atoms with Crippen molar-refractivity contribution in [2.45, 2.75) is 38.8 Å². The molecule has 1 atom stereocenters. The van der Waals surface area contributed by atoms with Crippen LogP contribution in [0.25, 0.3) is 0 Å². The summed E-state index contributed by atoms with van der Waals surface area (Å²) in [5.41, 5.74) is 3.38. The average molecular weight is 392 g/mol. The van der Waals surface area contributed by atoms with E-state index in [1.54, 1.807) is 17.0 Å². The molecule has 2 heterocycles. The number of hydrogen-bond donors (Lipinski definition) is 0. The molecule has 0 aromatic heterocycles. The van der Waals surface area contributed by atoms with Gasteiger partial charge in [0, 0.05) is 31.2 Å². The minimum Gasteiger partial charge on any atom is -0.452 e. The number of nitrogens with zero attached hydrogens (tertiary/aromatic N) is 2. The largest absolute Gasteiger partial charge is 0.452 e. The Morgan fingerprint density at radius 2 is 1.86 bits per heavy atom. The molecule has 2 amide bonds. The van der Waals surface area contributed by atoms with E-state index in [-0.39, 0.29) is 24.5 Å². The summed E-state index contributed by atoms with van der Waals surface area (Å²) in [6.07, 6.45) is 2.31. The Kier molecular flexibility index (Phi) is 5.34. The summed E-state index contributed by atoms with van der Waals surface area (Å²) >= 11 is 0. The number of hydrogen-bond acceptors (Lipinski definition) is 4. The van der Waals surface area contributed by atoms with Gasteiger partial charge in [0.25, 0.3) is 5.91 Å². The third-order valence-electron chi connectivity index (χ3n) is 5.54. The predicted octanol–water partition coefficient (Wildman–Crippen LogP) is 2.94. The van der Waals surface area contributed by atoms with Crippen molar-refractivity contribution in [3.63, 3.8) is 0 Å². The SMILES string of the molecule is C[C@@H]1Cc2ccccc2N1C(=O)COC(=O)c1ccc(CN2CCCC2=O)cc1. The van der Waals surface area contributed by atoms with E-state index in [4.69, 9.17) is 4.74 Å². The van der Waals surface area contributed by atoms with E-state index >= 15 is 0 Å². The second-order valence-electron chi connectivity index (χ2n) is 7.64. The zero-order chi connectivity index (χ0) is 20.4. The van der Waals surface area contributed by atoms with Crippen molar-refractivity contribution in [1.29, 1.82) is 0 Å². The molecule has 0 aliphatic carbocycles. The van der Waals surface area contributed by atoms with Crippen LogP contribution in [0.4, 0.5) is 5.69 Å². The van der Waals surface area contributed by atoms with Crippen LogP contribution in [0.3, 0.4) is 0 Å². The molecular formula is C23H24N2O4. The highest BCUT2D eigenvalue weighted by molar-refractivity contribution is 5.99. The number of likely N-dealkylation sites (tertiary alicyclic amines) is 1. The van der Waals surface area contributed by atoms with Gasteiger partial charge in [-0.15, -0.1) is 0 Å². The van der Waals surface area contributed by atoms with Gasteiger partial charge in [-0.25, -0.2) is 4.79 Å². The fraction of sp³-hybridized carbons (Fsp3) is 0.348. The van der Waals surface area contributed by atoms with E-state index in [9.17, 15) is 14.4 Å². The number of anilines is 1. The normalized spacial score (nSPS) is 18.1. The Morgan fingerprint density at radius 1 is 1.10 bits per heavy atom. The van der Waals surface area contributed by atoms with Crippen molar-refractivity contribution in [2.75, 3.05) is 18.1 Å². The van der Waals surface area contributed by atoms with E-state index in [2.05, 4.69) is 0 Å². The number of rotatable bonds is 5. The molecular weight excluding hydrogens is 368 g/mol. The number of fused-ring (bicyclic) bond motifs is 1. The minimum atomic E-state index is -0.526. The Morgan fingerprint density at radius 3 is 2.59 bits per heavy atom. The van der Waals surface area contributed by atoms with Crippen LogP contribution in [0.5, 0.6) is 0 Å². The third kappa shape index (κ3) is 4.01. The molecule has 0 unspecified atom stereocenters. The van der Waals surface area contributed by atoms with Gasteiger partial charge in [-0.1, -0.05) is 30.3 Å². The first-order chi connectivity index (χ1) is 14.0. The molecule has 1 saturated heterocycles. The Hall–Kier alpha value is -3.15. The Labute approximate surface area is 170 Å². The third-order valence-corrected chi connectivity index (χ3v) is 5.54. The summed E-state index contributed by atoms with van der Waals surface area (Å²) in [4.78, 5) is 40.2. The summed E-state index contributed by atoms with van der Waals surface area (Å²) in [5.74, 6) is -0.577. The maximum Gasteiger partial charge on any atom is 0.338 e. The fourth-order valence-electron chi connectivity index (χ4n) is 4.06. The molecule has 0 bridgehead atoms. The zero-order valence-electron chi connectivity index (χ0n) is 16.5. The average Bonchev–Trinajstić information content (AvgIpc) is 3.28. The van der Waals surface area contributed by atoms with Crippen LogP contribution in [-0.2, 0) is 27.3 Å². The van der Waals surface area contributed by atoms with Gasteiger partial charge in [-0.3, -0.25) is 9.59 Å². The van der Waals surface area contributed by atoms with Crippen LogP contribution in [0.15, 0.2) is 48.5 Å². The number of ether oxygens (including phenoxy) is 1. The monoisotopic (exact) mass is 392 g/mol. The number of esters is 1. The molecule has 0 saturated carbocycles. The van der Waals surface area contributed by atoms with Crippen LogP contribution in [0.2, 0.25) is 0 Å². The standard InChI is InChI=1S/C23H24N2O4/c1-16-13-19-5-2-3-6-20(19)25(16)22(27)15-29-23(28)18-10-8-17(9-11-18)14-24-12-4-7-21(24)26/h2-3,5-6,8-11,16H,4,7,12-15H2,1H3/t16-/m1/s1. The van der Waals surface area contributed by atoms with E-state index in [0.29, 0.717) is 18.5 Å². The van der Waals surface area contributed by atoms with Crippen molar-refractivity contribution in [3.05, 3.63) is 65.2 Å². The highest BCUT2D eigenvalue weighted by Crippen LogP contribution is 2.31. The van der Waals surface area contributed by atoms with Crippen LogP contribution in [-0.4, -0.2) is 41.9 Å². The Bertz CT molecular complexity index is 938. The second kappa shape index (κ2) is 8.07. The van der Waals surface area contributed by atoms with Gasteiger partial charge in [0.15, 0.2) is 6.61 Å². The molecule has 0 radical (unpaired) electrons. The van der Waals surface area contributed by atoms with Crippen molar-refractivity contribution in [2.24, 2.45) is 0 Å². The summed E-state index contributed by atoms with van der Waals surface area (Å²) < 4.78 is 5.26. The molecule has 2 aromatic carbocycles. The quantitative estimate of drug-likeness (QED) is 0.734. The van der Waals surface area contributed by atoms with Crippen LogP contribution in [0.1, 0.15) is 41.3 Å². The van der Waals surface area contributed by atoms with Gasteiger partial charge in [0.2, 0.25) is 5.91 Å². The van der Waals surface area contributed by atoms with Gasteiger partial charge in [-0.2, -0.15) is 0 Å². The molecule has 2 aliphatic rings. The lowest BCUT2D eigenvalue weighted by atomic mass is 10.1. The molecule has 0 spiro atoms. The maximum absolute atomic E-state index is 12.6. The first kappa shape index (κ1) is 19.2. The van der Waals surface area contributed by atoms with Crippen molar-refractivity contribution < 1.29 is 19.1 Å². The molecule has 2 aliphatic heterocycles. The molecule has 29 heavy (non-hydrogen) atoms. The lowest BCUT2D eigenvalue weighted by Gasteiger charge is -2.22. The van der Waals surface area contributed by atoms with E-state index < -0.39 is 5.97 Å². The first-order valence-electron chi connectivity index (χ1n) is 9.97. The van der Waals surface area contributed by atoms with Crippen LogP contribution >= 0.6 is 0 Å². The number of carbonyl (C=O) groups is 3. The molecule has 150 valence electrons. The van der Waals surface area contributed by atoms with Gasteiger partial charge < -0.3 is 14.5 Å². The Balaban J connectivity index is 1.34. The molecule has 6 heteroatoms. The first-order valence-corrected chi connectivity index (χ1v) is 9.97. The lowest BCUT2D eigenvalue weighted by Crippen LogP contribution is -2.38. The van der Waals surface area contributed by atoms with Gasteiger partial charge >= 0.3 is 5.97 Å². The molecule has 1 fully saturated rings. The summed E-state index contributed by atoms with van der Waals surface area (Å²) in [6, 6.07) is 14.8. The fourth-order valence-corrected chi connectivity index (χ4v) is 4.06. The van der Waals surface area contributed by atoms with Crippen LogP contribution in [0, 0.1) is 0 Å². The van der Waals surface area contributed by atoms with Gasteiger partial charge in [0.1, 0.15) is 0 Å². The summed E-state index contributed by atoms with van der Waals surface area (Å²) in [7, 11) is 0. The van der Waals surface area contributed by atoms with Gasteiger partial charge in [0.05, 0.1) is 5.56 Å². The number of benzene rings is 2.